The number of hydrogen-bond donors (Lipinski definition) is 2. The fourth-order valence-electron chi connectivity index (χ4n) is 2.54. The number of nitriles is 1. The molecule has 6 nitrogen and oxygen atoms in total. The fourth-order valence-corrected chi connectivity index (χ4v) is 2.54. The van der Waals surface area contributed by atoms with Gasteiger partial charge in [-0.3, -0.25) is 9.48 Å². The maximum absolute atomic E-state index is 11.7. The molecule has 0 aliphatic heterocycles. The van der Waals surface area contributed by atoms with Crippen LogP contribution in [0.1, 0.15) is 35.7 Å². The summed E-state index contributed by atoms with van der Waals surface area (Å²) in [6, 6.07) is 11.7. The van der Waals surface area contributed by atoms with E-state index in [0.717, 1.165) is 18.5 Å². The van der Waals surface area contributed by atoms with Gasteiger partial charge in [0, 0.05) is 11.9 Å². The Morgan fingerprint density at radius 3 is 2.77 bits per heavy atom. The lowest BCUT2D eigenvalue weighted by Gasteiger charge is -2.12. The number of nitrogens with one attached hydrogen (secondary N) is 1. The summed E-state index contributed by atoms with van der Waals surface area (Å²) in [5, 5.41) is 16.6. The predicted octanol–water partition coefficient (Wildman–Crippen LogP) is 2.59. The molecule has 0 bridgehead atoms. The third-order valence-electron chi connectivity index (χ3n) is 3.84. The molecule has 3 rings (SSSR count). The van der Waals surface area contributed by atoms with Crippen molar-refractivity contribution in [3.63, 3.8) is 0 Å². The van der Waals surface area contributed by atoms with E-state index >= 15 is 0 Å². The van der Waals surface area contributed by atoms with Crippen molar-refractivity contribution in [1.29, 1.82) is 5.26 Å². The van der Waals surface area contributed by atoms with Crippen LogP contribution in [0.5, 0.6) is 0 Å². The maximum atomic E-state index is 11.7. The van der Waals surface area contributed by atoms with Crippen LogP contribution in [-0.2, 0) is 0 Å². The highest BCUT2D eigenvalue weighted by Gasteiger charge is 2.33. The van der Waals surface area contributed by atoms with Crippen molar-refractivity contribution in [2.45, 2.75) is 25.3 Å². The summed E-state index contributed by atoms with van der Waals surface area (Å²) in [5.41, 5.74) is 6.62. The van der Waals surface area contributed by atoms with Crippen LogP contribution in [-0.4, -0.2) is 15.7 Å². The number of anilines is 2. The number of nitrogens with two attached hydrogens (primary N) is 1. The number of rotatable bonds is 6. The van der Waals surface area contributed by atoms with Gasteiger partial charge in [0.15, 0.2) is 5.82 Å². The molecule has 0 unspecified atom stereocenters. The Morgan fingerprint density at radius 1 is 1.45 bits per heavy atom. The van der Waals surface area contributed by atoms with E-state index in [-0.39, 0.29) is 6.04 Å². The molecule has 6 heteroatoms. The highest BCUT2D eigenvalue weighted by Crippen LogP contribution is 2.41. The van der Waals surface area contributed by atoms with E-state index in [2.05, 4.69) is 16.5 Å². The molecular formula is C16H17N5O. The molecule has 1 amide bonds. The molecule has 1 saturated carbocycles. The number of amides is 1. The zero-order chi connectivity index (χ0) is 15.5. The molecule has 1 aliphatic rings. The summed E-state index contributed by atoms with van der Waals surface area (Å²) in [5.74, 6) is 0.364. The quantitative estimate of drug-likeness (QED) is 0.856. The summed E-state index contributed by atoms with van der Waals surface area (Å²) in [7, 11) is 0. The van der Waals surface area contributed by atoms with E-state index in [0.29, 0.717) is 23.7 Å². The normalized spacial score (nSPS) is 15.0. The van der Waals surface area contributed by atoms with Crippen LogP contribution < -0.4 is 11.1 Å². The van der Waals surface area contributed by atoms with Gasteiger partial charge in [0.1, 0.15) is 5.56 Å². The SMILES string of the molecule is N#CC[C@@H](C1CC1)n1cc(C(N)=O)c(Nc2ccccc2)n1. The van der Waals surface area contributed by atoms with E-state index in [9.17, 15) is 4.79 Å². The highest BCUT2D eigenvalue weighted by atomic mass is 16.1. The molecule has 0 spiro atoms. The van der Waals surface area contributed by atoms with Gasteiger partial charge in [-0.05, 0) is 30.9 Å². The first-order valence-electron chi connectivity index (χ1n) is 7.27. The molecule has 22 heavy (non-hydrogen) atoms. The molecule has 1 heterocycles. The number of para-hydroxylation sites is 1. The van der Waals surface area contributed by atoms with Crippen molar-refractivity contribution in [2.75, 3.05) is 5.32 Å². The van der Waals surface area contributed by atoms with Crippen molar-refractivity contribution >= 4 is 17.4 Å². The molecule has 1 aliphatic carbocycles. The molecule has 1 fully saturated rings. The largest absolute Gasteiger partial charge is 0.365 e. The van der Waals surface area contributed by atoms with Crippen molar-refractivity contribution < 1.29 is 4.79 Å². The van der Waals surface area contributed by atoms with Gasteiger partial charge in [-0.2, -0.15) is 10.4 Å². The Morgan fingerprint density at radius 2 is 2.18 bits per heavy atom. The van der Waals surface area contributed by atoms with Crippen LogP contribution in [0.3, 0.4) is 0 Å². The van der Waals surface area contributed by atoms with E-state index in [1.54, 1.807) is 10.9 Å². The minimum atomic E-state index is -0.531. The summed E-state index contributed by atoms with van der Waals surface area (Å²) in [4.78, 5) is 11.7. The number of carbonyl (C=O) groups is 1. The number of nitrogens with zero attached hydrogens (tertiary/aromatic N) is 3. The molecule has 1 aromatic carbocycles. The lowest BCUT2D eigenvalue weighted by atomic mass is 10.1. The maximum Gasteiger partial charge on any atom is 0.254 e. The first kappa shape index (κ1) is 14.1. The Hall–Kier alpha value is -2.81. The molecule has 112 valence electrons. The standard InChI is InChI=1S/C16H17N5O/c17-9-8-14(11-6-7-11)21-10-13(15(18)22)16(20-21)19-12-4-2-1-3-5-12/h1-5,10-11,14H,6-8H2,(H2,18,22)(H,19,20)/t14-/m0/s1. The molecule has 3 N–H and O–H groups in total. The first-order chi connectivity index (χ1) is 10.7. The molecular weight excluding hydrogens is 278 g/mol. The zero-order valence-electron chi connectivity index (χ0n) is 12.1. The monoisotopic (exact) mass is 295 g/mol. The molecule has 1 aromatic heterocycles. The molecule has 2 aromatic rings. The minimum Gasteiger partial charge on any atom is -0.365 e. The van der Waals surface area contributed by atoms with Crippen LogP contribution in [0.2, 0.25) is 0 Å². The molecule has 0 saturated heterocycles. The molecule has 0 radical (unpaired) electrons. The Balaban J connectivity index is 1.92. The zero-order valence-corrected chi connectivity index (χ0v) is 12.1. The Bertz CT molecular complexity index is 712. The van der Waals surface area contributed by atoms with Crippen molar-refractivity contribution in [3.05, 3.63) is 42.1 Å². The van der Waals surface area contributed by atoms with E-state index in [4.69, 9.17) is 11.0 Å². The van der Waals surface area contributed by atoms with E-state index in [1.165, 1.54) is 0 Å². The van der Waals surface area contributed by atoms with Crippen LogP contribution in [0, 0.1) is 17.2 Å². The number of primary amides is 1. The third-order valence-corrected chi connectivity index (χ3v) is 3.84. The number of benzene rings is 1. The highest BCUT2D eigenvalue weighted by molar-refractivity contribution is 5.98. The summed E-state index contributed by atoms with van der Waals surface area (Å²) in [6.45, 7) is 0. The summed E-state index contributed by atoms with van der Waals surface area (Å²) < 4.78 is 1.71. The van der Waals surface area contributed by atoms with Crippen LogP contribution >= 0.6 is 0 Å². The lowest BCUT2D eigenvalue weighted by molar-refractivity contribution is 0.100. The smallest absolute Gasteiger partial charge is 0.254 e. The van der Waals surface area contributed by atoms with Gasteiger partial charge in [0.2, 0.25) is 0 Å². The Labute approximate surface area is 128 Å². The average molecular weight is 295 g/mol. The second kappa shape index (κ2) is 5.90. The first-order valence-corrected chi connectivity index (χ1v) is 7.27. The van der Waals surface area contributed by atoms with Gasteiger partial charge >= 0.3 is 0 Å². The van der Waals surface area contributed by atoms with E-state index in [1.807, 2.05) is 30.3 Å². The van der Waals surface area contributed by atoms with Crippen molar-refractivity contribution in [1.82, 2.24) is 9.78 Å². The van der Waals surface area contributed by atoms with Gasteiger partial charge in [0.25, 0.3) is 5.91 Å². The predicted molar refractivity (Wildman–Crippen MR) is 82.5 cm³/mol. The number of carbonyl (C=O) groups excluding carboxylic acids is 1. The van der Waals surface area contributed by atoms with Crippen molar-refractivity contribution in [2.24, 2.45) is 11.7 Å². The van der Waals surface area contributed by atoms with Gasteiger partial charge in [-0.15, -0.1) is 0 Å². The lowest BCUT2D eigenvalue weighted by Crippen LogP contribution is -2.12. The van der Waals surface area contributed by atoms with Crippen LogP contribution in [0.4, 0.5) is 11.5 Å². The number of aromatic nitrogens is 2. The molecule has 1 atom stereocenters. The Kier molecular flexibility index (Phi) is 3.79. The third kappa shape index (κ3) is 2.93. The van der Waals surface area contributed by atoms with E-state index < -0.39 is 5.91 Å². The topological polar surface area (TPSA) is 96.7 Å². The van der Waals surface area contributed by atoms with Gasteiger partial charge in [-0.1, -0.05) is 18.2 Å². The summed E-state index contributed by atoms with van der Waals surface area (Å²) >= 11 is 0. The average Bonchev–Trinajstić information content (AvgIpc) is 3.26. The second-order valence-electron chi connectivity index (χ2n) is 5.49. The van der Waals surface area contributed by atoms with Gasteiger partial charge in [-0.25, -0.2) is 0 Å². The minimum absolute atomic E-state index is 0.00873. The van der Waals surface area contributed by atoms with Crippen molar-refractivity contribution in [3.8, 4) is 6.07 Å². The van der Waals surface area contributed by atoms with Crippen LogP contribution in [0.15, 0.2) is 36.5 Å². The second-order valence-corrected chi connectivity index (χ2v) is 5.49. The van der Waals surface area contributed by atoms with Crippen LogP contribution in [0.25, 0.3) is 0 Å². The fraction of sp³-hybridized carbons (Fsp3) is 0.312. The summed E-state index contributed by atoms with van der Waals surface area (Å²) in [6.07, 6.45) is 4.22. The van der Waals surface area contributed by atoms with Gasteiger partial charge in [0.05, 0.1) is 18.5 Å². The van der Waals surface area contributed by atoms with Gasteiger partial charge < -0.3 is 11.1 Å². The number of hydrogen-bond acceptors (Lipinski definition) is 4.